The Kier molecular flexibility index (Phi) is 7.09. The van der Waals surface area contributed by atoms with Gasteiger partial charge in [0.25, 0.3) is 5.91 Å². The molecule has 0 spiro atoms. The fourth-order valence-corrected chi connectivity index (χ4v) is 3.66. The summed E-state index contributed by atoms with van der Waals surface area (Å²) < 4.78 is 16.9. The largest absolute Gasteiger partial charge is 0.489 e. The molecule has 0 radical (unpaired) electrons. The number of rotatable bonds is 2. The van der Waals surface area contributed by atoms with Gasteiger partial charge in [0, 0.05) is 6.42 Å². The topological polar surface area (TPSA) is 133 Å². The van der Waals surface area contributed by atoms with Gasteiger partial charge in [0.2, 0.25) is 0 Å². The van der Waals surface area contributed by atoms with Crippen LogP contribution < -0.4 is 20.1 Å². The van der Waals surface area contributed by atoms with Gasteiger partial charge in [-0.05, 0) is 60.9 Å². The minimum absolute atomic E-state index is 0.0900. The molecular formula is C25H21ClN4O5. The molecule has 5 rings (SSSR count). The van der Waals surface area contributed by atoms with Gasteiger partial charge in [-0.25, -0.2) is 4.79 Å². The Labute approximate surface area is 206 Å². The number of ether oxygens (including phenoxy) is 3. The Morgan fingerprint density at radius 1 is 1.11 bits per heavy atom. The van der Waals surface area contributed by atoms with Gasteiger partial charge >= 0.3 is 6.09 Å². The zero-order chi connectivity index (χ0) is 24.8. The van der Waals surface area contributed by atoms with Crippen molar-refractivity contribution >= 4 is 23.6 Å². The number of hydrogen-bond acceptors (Lipinski definition) is 7. The molecule has 2 heterocycles. The highest BCUT2D eigenvalue weighted by Gasteiger charge is 2.45. The highest BCUT2D eigenvalue weighted by Crippen LogP contribution is 2.34. The molecule has 9 nitrogen and oxygen atoms in total. The average Bonchev–Trinajstić information content (AvgIpc) is 3.61. The van der Waals surface area contributed by atoms with Crippen molar-refractivity contribution in [3.63, 3.8) is 0 Å². The summed E-state index contributed by atoms with van der Waals surface area (Å²) in [6, 6.07) is 13.6. The quantitative estimate of drug-likeness (QED) is 0.611. The number of benzene rings is 2. The van der Waals surface area contributed by atoms with Crippen molar-refractivity contribution in [3.8, 4) is 23.6 Å². The molecule has 3 aliphatic rings. The fourth-order valence-electron chi connectivity index (χ4n) is 3.41. The van der Waals surface area contributed by atoms with Crippen LogP contribution in [0.3, 0.4) is 0 Å². The molecule has 2 aromatic rings. The van der Waals surface area contributed by atoms with Crippen LogP contribution >= 0.6 is 11.6 Å². The third-order valence-corrected chi connectivity index (χ3v) is 5.75. The highest BCUT2D eigenvalue weighted by atomic mass is 35.5. The van der Waals surface area contributed by atoms with E-state index in [-0.39, 0.29) is 36.5 Å². The number of halogens is 1. The monoisotopic (exact) mass is 492 g/mol. The van der Waals surface area contributed by atoms with Crippen LogP contribution in [0.2, 0.25) is 5.02 Å². The van der Waals surface area contributed by atoms with Crippen molar-refractivity contribution < 1.29 is 23.8 Å². The first-order valence-corrected chi connectivity index (χ1v) is 11.2. The number of nitrogens with zero attached hydrogens (tertiary/aromatic N) is 2. The van der Waals surface area contributed by atoms with E-state index >= 15 is 0 Å². The number of nitriles is 2. The lowest BCUT2D eigenvalue weighted by atomic mass is 10.1. The number of fused-ring (bicyclic) bond motifs is 9. The van der Waals surface area contributed by atoms with Gasteiger partial charge < -0.3 is 24.8 Å². The zero-order valence-corrected chi connectivity index (χ0v) is 19.3. The van der Waals surface area contributed by atoms with Crippen molar-refractivity contribution in [3.05, 3.63) is 70.3 Å². The van der Waals surface area contributed by atoms with Gasteiger partial charge in [-0.15, -0.1) is 0 Å². The Morgan fingerprint density at radius 3 is 2.49 bits per heavy atom. The summed E-state index contributed by atoms with van der Waals surface area (Å²) in [4.78, 5) is 25.7. The molecule has 0 saturated heterocycles. The predicted molar refractivity (Wildman–Crippen MR) is 125 cm³/mol. The van der Waals surface area contributed by atoms with Crippen LogP contribution in [0.1, 0.15) is 34.3 Å². The van der Waals surface area contributed by atoms with E-state index in [0.29, 0.717) is 29.2 Å². The van der Waals surface area contributed by atoms with Gasteiger partial charge in [0.15, 0.2) is 6.23 Å². The maximum atomic E-state index is 13.2. The van der Waals surface area contributed by atoms with E-state index in [1.807, 2.05) is 6.07 Å². The normalized spacial score (nSPS) is 19.4. The lowest BCUT2D eigenvalue weighted by Crippen LogP contribution is -2.45. The summed E-state index contributed by atoms with van der Waals surface area (Å²) in [6.07, 6.45) is 2.70. The van der Waals surface area contributed by atoms with E-state index in [4.69, 9.17) is 25.8 Å². The second-order valence-electron chi connectivity index (χ2n) is 8.07. The van der Waals surface area contributed by atoms with Crippen LogP contribution in [0.5, 0.6) is 11.5 Å². The van der Waals surface area contributed by atoms with Crippen molar-refractivity contribution in [2.45, 2.75) is 31.0 Å². The molecular weight excluding hydrogens is 472 g/mol. The standard InChI is InChI=1S/C25H21ClN4O5/c26-19-12-16-3-6-21(19)34-10-2-1-9-33-20-5-4-17(14-27)11-18(20)23(31)29-22(13-16)35-24(32)30-25(15-28)7-8-25/h1-6,11-12,22H,7-10,13H2,(H,29,31)(H,30,32)/b2-1+/t22-/m0/s1. The summed E-state index contributed by atoms with van der Waals surface area (Å²) in [5, 5.41) is 24.1. The maximum Gasteiger partial charge on any atom is 0.410 e. The summed E-state index contributed by atoms with van der Waals surface area (Å²) in [5.41, 5.74) is 0.117. The summed E-state index contributed by atoms with van der Waals surface area (Å²) in [5.74, 6) is 0.139. The minimum atomic E-state index is -1.11. The third-order valence-electron chi connectivity index (χ3n) is 5.45. The molecule has 10 heteroatoms. The van der Waals surface area contributed by atoms with Crippen LogP contribution in [0.4, 0.5) is 4.79 Å². The van der Waals surface area contributed by atoms with E-state index in [0.717, 1.165) is 0 Å². The second-order valence-corrected chi connectivity index (χ2v) is 8.48. The molecule has 2 amide bonds. The van der Waals surface area contributed by atoms with E-state index in [1.54, 1.807) is 36.4 Å². The molecule has 0 unspecified atom stereocenters. The van der Waals surface area contributed by atoms with Crippen molar-refractivity contribution in [2.75, 3.05) is 13.2 Å². The summed E-state index contributed by atoms with van der Waals surface area (Å²) >= 11 is 6.34. The smallest absolute Gasteiger partial charge is 0.410 e. The lowest BCUT2D eigenvalue weighted by Gasteiger charge is -2.22. The molecule has 1 atom stereocenters. The first kappa shape index (κ1) is 23.9. The molecule has 0 aromatic heterocycles. The van der Waals surface area contributed by atoms with Gasteiger partial charge in [0.1, 0.15) is 30.3 Å². The summed E-state index contributed by atoms with van der Waals surface area (Å²) in [6.45, 7) is 0.413. The molecule has 2 aliphatic heterocycles. The molecule has 2 aromatic carbocycles. The van der Waals surface area contributed by atoms with Gasteiger partial charge in [-0.3, -0.25) is 4.79 Å². The average molecular weight is 493 g/mol. The van der Waals surface area contributed by atoms with Crippen LogP contribution in [0.25, 0.3) is 0 Å². The maximum absolute atomic E-state index is 13.2. The first-order valence-electron chi connectivity index (χ1n) is 10.9. The lowest BCUT2D eigenvalue weighted by molar-refractivity contribution is 0.0622. The number of carbonyl (C=O) groups is 2. The SMILES string of the molecule is N#Cc1ccc2c(c1)C(=O)N[C@@H](OC(=O)NC1(C#N)CC1)Cc1ccc(c(Cl)c1)OC/C=C/CO2. The number of alkyl carbamates (subject to hydrolysis) is 1. The molecule has 35 heavy (non-hydrogen) atoms. The minimum Gasteiger partial charge on any atom is -0.489 e. The van der Waals surface area contributed by atoms with Crippen LogP contribution in [0, 0.1) is 22.7 Å². The molecule has 1 saturated carbocycles. The van der Waals surface area contributed by atoms with E-state index < -0.39 is 23.8 Å². The first-order chi connectivity index (χ1) is 16.9. The van der Waals surface area contributed by atoms with Crippen molar-refractivity contribution in [1.29, 1.82) is 10.5 Å². The molecule has 178 valence electrons. The zero-order valence-electron chi connectivity index (χ0n) is 18.5. The number of amides is 2. The van der Waals surface area contributed by atoms with E-state index in [2.05, 4.69) is 16.7 Å². The third kappa shape index (κ3) is 6.03. The molecule has 2 bridgehead atoms. The fraction of sp³-hybridized carbons (Fsp3) is 0.280. The Morgan fingerprint density at radius 2 is 1.83 bits per heavy atom. The Hall–Kier alpha value is -4.21. The van der Waals surface area contributed by atoms with Crippen molar-refractivity contribution in [2.24, 2.45) is 0 Å². The van der Waals surface area contributed by atoms with Crippen molar-refractivity contribution in [1.82, 2.24) is 10.6 Å². The highest BCUT2D eigenvalue weighted by molar-refractivity contribution is 6.32. The number of hydrogen-bond donors (Lipinski definition) is 2. The number of nitrogens with one attached hydrogen (secondary N) is 2. The van der Waals surface area contributed by atoms with Gasteiger partial charge in [0.05, 0.1) is 28.3 Å². The summed E-state index contributed by atoms with van der Waals surface area (Å²) in [7, 11) is 0. The molecule has 2 N–H and O–H groups in total. The van der Waals surface area contributed by atoms with Crippen LogP contribution in [-0.2, 0) is 11.2 Å². The van der Waals surface area contributed by atoms with E-state index in [9.17, 15) is 20.1 Å². The Balaban J connectivity index is 1.64. The second kappa shape index (κ2) is 10.4. The molecule has 1 aliphatic carbocycles. The van der Waals surface area contributed by atoms with Crippen LogP contribution in [0.15, 0.2) is 48.6 Å². The molecule has 1 fully saturated rings. The van der Waals surface area contributed by atoms with Crippen LogP contribution in [-0.4, -0.2) is 37.0 Å². The number of carbonyl (C=O) groups excluding carboxylic acids is 2. The Bertz CT molecular complexity index is 1260. The van der Waals surface area contributed by atoms with Gasteiger partial charge in [-0.1, -0.05) is 17.7 Å². The van der Waals surface area contributed by atoms with E-state index in [1.165, 1.54) is 12.1 Å². The van der Waals surface area contributed by atoms with Gasteiger partial charge in [-0.2, -0.15) is 10.5 Å². The predicted octanol–water partition coefficient (Wildman–Crippen LogP) is 3.62.